The van der Waals surface area contributed by atoms with Gasteiger partial charge in [-0.3, -0.25) is 0 Å². The zero-order chi connectivity index (χ0) is 35.5. The molecule has 3 aliphatic rings. The van der Waals surface area contributed by atoms with Gasteiger partial charge in [0.15, 0.2) is 0 Å². The van der Waals surface area contributed by atoms with Crippen LogP contribution < -0.4 is 4.90 Å². The van der Waals surface area contributed by atoms with Crippen molar-refractivity contribution in [2.45, 2.75) is 57.8 Å². The largest absolute Gasteiger partial charge is 0.477 e. The molecule has 0 aromatic heterocycles. The molecule has 0 spiro atoms. The molecule has 0 saturated heterocycles. The lowest BCUT2D eigenvalue weighted by atomic mass is 9.82. The number of aliphatic carboxylic acids is 1. The maximum atomic E-state index is 11.6. The maximum absolute atomic E-state index is 11.6. The number of benzene rings is 5. The van der Waals surface area contributed by atoms with Crippen molar-refractivity contribution in [2.24, 2.45) is 0 Å². The van der Waals surface area contributed by atoms with E-state index in [-0.39, 0.29) is 16.4 Å². The Morgan fingerprint density at radius 1 is 0.667 bits per heavy atom. The molecule has 0 fully saturated rings. The Hall–Kier alpha value is -5.92. The van der Waals surface area contributed by atoms with Crippen LogP contribution in [0, 0.1) is 11.3 Å². The van der Waals surface area contributed by atoms with Crippen LogP contribution in [0.4, 0.5) is 17.1 Å². The minimum Gasteiger partial charge on any atom is -0.477 e. The summed E-state index contributed by atoms with van der Waals surface area (Å²) in [7, 11) is 0. The van der Waals surface area contributed by atoms with E-state index in [0.717, 1.165) is 41.0 Å². The van der Waals surface area contributed by atoms with E-state index in [1.807, 2.05) is 18.2 Å². The topological polar surface area (TPSA) is 64.3 Å². The van der Waals surface area contributed by atoms with Crippen LogP contribution in [0.15, 0.2) is 138 Å². The highest BCUT2D eigenvalue weighted by molar-refractivity contribution is 5.93. The standard InChI is InChI=1S/C47H40N2O2/c1-46(2)41-14-7-5-12-36(41)38-24-22-34(27-43(38)46)49(35-23-25-39-37-13-6-8-15-42(37)47(3,4)44(39)28-35)33-20-18-30(19-21-33)16-17-31-10-9-11-32(26-31)40(29-48)45(50)51/h5-8,12-28H,9-11H2,1-4H3,(H,50,51). The molecule has 0 heterocycles. The van der Waals surface area contributed by atoms with Crippen LogP contribution in [-0.4, -0.2) is 11.1 Å². The van der Waals surface area contributed by atoms with Crippen LogP contribution in [0.2, 0.25) is 0 Å². The zero-order valence-corrected chi connectivity index (χ0v) is 29.5. The molecule has 0 amide bonds. The molecule has 0 bridgehead atoms. The number of rotatable bonds is 6. The average Bonchev–Trinajstić information content (AvgIpc) is 3.51. The van der Waals surface area contributed by atoms with Gasteiger partial charge in [0.2, 0.25) is 0 Å². The molecule has 0 atom stereocenters. The van der Waals surface area contributed by atoms with Crippen molar-refractivity contribution in [2.75, 3.05) is 4.90 Å². The van der Waals surface area contributed by atoms with Gasteiger partial charge in [0.05, 0.1) is 0 Å². The summed E-state index contributed by atoms with van der Waals surface area (Å²) in [5, 5.41) is 18.8. The first-order valence-electron chi connectivity index (χ1n) is 17.7. The van der Waals surface area contributed by atoms with Gasteiger partial charge < -0.3 is 10.0 Å². The number of anilines is 3. The second-order valence-electron chi connectivity index (χ2n) is 15.0. The normalized spacial score (nSPS) is 17.1. The lowest BCUT2D eigenvalue weighted by Gasteiger charge is -2.29. The predicted octanol–water partition coefficient (Wildman–Crippen LogP) is 11.8. The molecule has 5 aromatic rings. The zero-order valence-electron chi connectivity index (χ0n) is 29.5. The van der Waals surface area contributed by atoms with Gasteiger partial charge in [-0.05, 0) is 117 Å². The van der Waals surface area contributed by atoms with Gasteiger partial charge >= 0.3 is 5.97 Å². The average molecular weight is 665 g/mol. The molecule has 0 saturated carbocycles. The van der Waals surface area contributed by atoms with Crippen molar-refractivity contribution in [1.29, 1.82) is 5.26 Å². The van der Waals surface area contributed by atoms with Gasteiger partial charge in [0.25, 0.3) is 0 Å². The highest BCUT2D eigenvalue weighted by Gasteiger charge is 2.37. The van der Waals surface area contributed by atoms with Gasteiger partial charge in [0, 0.05) is 27.9 Å². The summed E-state index contributed by atoms with van der Waals surface area (Å²) in [5.74, 6) is -1.16. The van der Waals surface area contributed by atoms with Crippen LogP contribution >= 0.6 is 0 Å². The second kappa shape index (κ2) is 12.1. The third-order valence-electron chi connectivity index (χ3n) is 11.2. The first-order valence-corrected chi connectivity index (χ1v) is 17.7. The van der Waals surface area contributed by atoms with Crippen molar-refractivity contribution in [1.82, 2.24) is 0 Å². The molecular weight excluding hydrogens is 625 g/mol. The molecular formula is C47H40N2O2. The number of carbonyl (C=O) groups is 1. The Bertz CT molecular complexity index is 2270. The molecule has 0 unspecified atom stereocenters. The van der Waals surface area contributed by atoms with E-state index in [9.17, 15) is 15.2 Å². The predicted molar refractivity (Wildman–Crippen MR) is 207 cm³/mol. The summed E-state index contributed by atoms with van der Waals surface area (Å²) in [5.41, 5.74) is 16.2. The number of carboxylic acids is 1. The van der Waals surface area contributed by atoms with Crippen molar-refractivity contribution >= 4 is 29.1 Å². The van der Waals surface area contributed by atoms with Crippen LogP contribution in [0.5, 0.6) is 0 Å². The van der Waals surface area contributed by atoms with Gasteiger partial charge in [-0.15, -0.1) is 0 Å². The number of hydrogen-bond acceptors (Lipinski definition) is 3. The fraction of sp³-hybridized carbons (Fsp3) is 0.191. The van der Waals surface area contributed by atoms with Gasteiger partial charge in [0.1, 0.15) is 11.6 Å². The fourth-order valence-corrected chi connectivity index (χ4v) is 8.48. The van der Waals surface area contributed by atoms with Crippen LogP contribution in [0.3, 0.4) is 0 Å². The first-order chi connectivity index (χ1) is 24.6. The van der Waals surface area contributed by atoms with Crippen LogP contribution in [-0.2, 0) is 15.6 Å². The summed E-state index contributed by atoms with van der Waals surface area (Å²) in [6, 6.07) is 41.9. The molecule has 5 aromatic carbocycles. The molecule has 0 aliphatic heterocycles. The summed E-state index contributed by atoms with van der Waals surface area (Å²) in [4.78, 5) is 13.9. The van der Waals surface area contributed by atoms with E-state index in [1.54, 1.807) is 0 Å². The monoisotopic (exact) mass is 664 g/mol. The third kappa shape index (κ3) is 5.32. The number of hydrogen-bond donors (Lipinski definition) is 1. The minimum atomic E-state index is -1.16. The highest BCUT2D eigenvalue weighted by atomic mass is 16.4. The number of nitriles is 1. The number of allylic oxidation sites excluding steroid dienone is 4. The third-order valence-corrected chi connectivity index (χ3v) is 11.2. The van der Waals surface area contributed by atoms with Crippen molar-refractivity contribution in [3.05, 3.63) is 166 Å². The molecule has 1 N–H and O–H groups in total. The Morgan fingerprint density at radius 3 is 1.71 bits per heavy atom. The Labute approximate surface area is 300 Å². The van der Waals surface area contributed by atoms with E-state index >= 15 is 0 Å². The van der Waals surface area contributed by atoms with Crippen LogP contribution in [0.1, 0.15) is 74.8 Å². The second-order valence-corrected chi connectivity index (χ2v) is 15.0. The lowest BCUT2D eigenvalue weighted by molar-refractivity contribution is -0.132. The molecule has 4 heteroatoms. The Balaban J connectivity index is 1.20. The van der Waals surface area contributed by atoms with Crippen LogP contribution in [0.25, 0.3) is 28.3 Å². The highest BCUT2D eigenvalue weighted by Crippen LogP contribution is 2.53. The SMILES string of the molecule is CC1(C)c2ccccc2-c2ccc(N(c3ccc(C=CC4=CC(=C(C#N)C(=O)O)CCC4)cc3)c3ccc4c(c3)C(C)(C)c3ccccc3-4)cc21. The van der Waals surface area contributed by atoms with Crippen molar-refractivity contribution in [3.63, 3.8) is 0 Å². The van der Waals surface area contributed by atoms with E-state index in [0.29, 0.717) is 12.0 Å². The molecule has 0 radical (unpaired) electrons. The van der Waals surface area contributed by atoms with Gasteiger partial charge in [-0.2, -0.15) is 5.26 Å². The summed E-state index contributed by atoms with van der Waals surface area (Å²) >= 11 is 0. The molecule has 250 valence electrons. The van der Waals surface area contributed by atoms with E-state index < -0.39 is 5.97 Å². The van der Waals surface area contributed by atoms with Crippen molar-refractivity contribution in [3.8, 4) is 28.3 Å². The Kier molecular flexibility index (Phi) is 7.69. The summed E-state index contributed by atoms with van der Waals surface area (Å²) in [6.07, 6.45) is 8.26. The first kappa shape index (κ1) is 32.3. The molecule has 3 aliphatic carbocycles. The summed E-state index contributed by atoms with van der Waals surface area (Å²) in [6.45, 7) is 9.30. The molecule has 51 heavy (non-hydrogen) atoms. The van der Waals surface area contributed by atoms with E-state index in [2.05, 4.69) is 148 Å². The van der Waals surface area contributed by atoms with E-state index in [4.69, 9.17) is 0 Å². The van der Waals surface area contributed by atoms with E-state index in [1.165, 1.54) is 44.5 Å². The minimum absolute atomic E-state index is 0.120. The Morgan fingerprint density at radius 2 is 1.18 bits per heavy atom. The number of carboxylic acid groups (broad SMARTS) is 1. The van der Waals surface area contributed by atoms with Gasteiger partial charge in [-0.25, -0.2) is 4.79 Å². The lowest BCUT2D eigenvalue weighted by Crippen LogP contribution is -2.18. The summed E-state index contributed by atoms with van der Waals surface area (Å²) < 4.78 is 0. The fourth-order valence-electron chi connectivity index (χ4n) is 8.48. The smallest absolute Gasteiger partial charge is 0.346 e. The maximum Gasteiger partial charge on any atom is 0.346 e. The number of nitrogens with zero attached hydrogens (tertiary/aromatic N) is 2. The molecule has 8 rings (SSSR count). The van der Waals surface area contributed by atoms with Crippen molar-refractivity contribution < 1.29 is 9.90 Å². The number of fused-ring (bicyclic) bond motifs is 6. The quantitative estimate of drug-likeness (QED) is 0.145. The van der Waals surface area contributed by atoms with Gasteiger partial charge in [-0.1, -0.05) is 119 Å². The molecule has 4 nitrogen and oxygen atoms in total.